The number of phenols is 1. The molecule has 1 aromatic heterocycles. The van der Waals surface area contributed by atoms with Gasteiger partial charge in [-0.2, -0.15) is 5.10 Å². The molecular formula is C12H13N3O. The molecule has 0 aliphatic carbocycles. The maximum atomic E-state index is 9.46. The van der Waals surface area contributed by atoms with Crippen molar-refractivity contribution in [3.8, 4) is 17.0 Å². The molecule has 0 fully saturated rings. The molecule has 0 amide bonds. The Labute approximate surface area is 93.3 Å². The Morgan fingerprint density at radius 3 is 3.12 bits per heavy atom. The van der Waals surface area contributed by atoms with Gasteiger partial charge in [-0.1, -0.05) is 12.1 Å². The Morgan fingerprint density at radius 2 is 2.25 bits per heavy atom. The van der Waals surface area contributed by atoms with Crippen LogP contribution in [0, 0.1) is 0 Å². The molecule has 3 rings (SSSR count). The van der Waals surface area contributed by atoms with Crippen molar-refractivity contribution in [1.82, 2.24) is 15.5 Å². The second kappa shape index (κ2) is 3.64. The average Bonchev–Trinajstić information content (AvgIpc) is 2.72. The number of aromatic amines is 1. The van der Waals surface area contributed by atoms with Gasteiger partial charge in [-0.05, 0) is 12.1 Å². The molecule has 0 saturated heterocycles. The Kier molecular flexibility index (Phi) is 2.15. The first-order valence-corrected chi connectivity index (χ1v) is 5.41. The molecule has 3 N–H and O–H groups in total. The summed E-state index contributed by atoms with van der Waals surface area (Å²) in [5.74, 6) is 0.276. The van der Waals surface area contributed by atoms with Crippen molar-refractivity contribution in [1.29, 1.82) is 0 Å². The van der Waals surface area contributed by atoms with Crippen LogP contribution in [0.3, 0.4) is 0 Å². The Morgan fingerprint density at radius 1 is 1.31 bits per heavy atom. The number of hydrogen-bond acceptors (Lipinski definition) is 3. The summed E-state index contributed by atoms with van der Waals surface area (Å²) in [5.41, 5.74) is 4.33. The van der Waals surface area contributed by atoms with Gasteiger partial charge in [-0.15, -0.1) is 0 Å². The van der Waals surface area contributed by atoms with Crippen LogP contribution < -0.4 is 5.32 Å². The zero-order valence-electron chi connectivity index (χ0n) is 8.83. The van der Waals surface area contributed by atoms with E-state index in [2.05, 4.69) is 15.5 Å². The molecule has 1 aromatic carbocycles. The lowest BCUT2D eigenvalue weighted by molar-refractivity contribution is 0.475. The van der Waals surface area contributed by atoms with E-state index in [-0.39, 0.29) is 5.75 Å². The van der Waals surface area contributed by atoms with Crippen molar-refractivity contribution in [2.24, 2.45) is 0 Å². The maximum Gasteiger partial charge on any atom is 0.116 e. The third kappa shape index (κ3) is 1.47. The molecule has 16 heavy (non-hydrogen) atoms. The van der Waals surface area contributed by atoms with Crippen LogP contribution in [0.4, 0.5) is 0 Å². The summed E-state index contributed by atoms with van der Waals surface area (Å²) in [6, 6.07) is 7.21. The van der Waals surface area contributed by atoms with Crippen molar-refractivity contribution in [2.75, 3.05) is 6.54 Å². The first kappa shape index (κ1) is 9.42. The number of hydrogen-bond donors (Lipinski definition) is 3. The number of H-pyrrole nitrogens is 1. The second-order valence-electron chi connectivity index (χ2n) is 4.01. The van der Waals surface area contributed by atoms with E-state index in [0.717, 1.165) is 30.8 Å². The van der Waals surface area contributed by atoms with Crippen LogP contribution in [0.5, 0.6) is 5.75 Å². The predicted molar refractivity (Wildman–Crippen MR) is 61.1 cm³/mol. The molecule has 0 unspecified atom stereocenters. The molecule has 1 aliphatic heterocycles. The highest BCUT2D eigenvalue weighted by molar-refractivity contribution is 5.65. The highest BCUT2D eigenvalue weighted by Crippen LogP contribution is 2.27. The molecule has 2 heterocycles. The SMILES string of the molecule is Oc1cccc(-c2n[nH]c3c2CNCC3)c1. The zero-order chi connectivity index (χ0) is 11.0. The van der Waals surface area contributed by atoms with Crippen LogP contribution in [-0.2, 0) is 13.0 Å². The molecule has 4 nitrogen and oxygen atoms in total. The number of aromatic hydroxyl groups is 1. The molecule has 82 valence electrons. The number of aromatic nitrogens is 2. The molecule has 0 spiro atoms. The van der Waals surface area contributed by atoms with Gasteiger partial charge in [0.05, 0.1) is 5.69 Å². The minimum atomic E-state index is 0.276. The third-order valence-electron chi connectivity index (χ3n) is 2.93. The van der Waals surface area contributed by atoms with Crippen molar-refractivity contribution < 1.29 is 5.11 Å². The van der Waals surface area contributed by atoms with E-state index in [9.17, 15) is 5.11 Å². The Balaban J connectivity index is 2.09. The molecule has 0 radical (unpaired) electrons. The molecule has 4 heteroatoms. The third-order valence-corrected chi connectivity index (χ3v) is 2.93. The smallest absolute Gasteiger partial charge is 0.116 e. The Bertz CT molecular complexity index is 519. The van der Waals surface area contributed by atoms with Crippen molar-refractivity contribution in [2.45, 2.75) is 13.0 Å². The van der Waals surface area contributed by atoms with E-state index >= 15 is 0 Å². The summed E-state index contributed by atoms with van der Waals surface area (Å²) < 4.78 is 0. The lowest BCUT2D eigenvalue weighted by Crippen LogP contribution is -2.23. The van der Waals surface area contributed by atoms with Crippen LogP contribution >= 0.6 is 0 Å². The topological polar surface area (TPSA) is 60.9 Å². The number of rotatable bonds is 1. The standard InChI is InChI=1S/C12H13N3O/c16-9-3-1-2-8(6-9)12-10-7-13-5-4-11(10)14-15-12/h1-3,6,13,16H,4-5,7H2,(H,14,15). The fourth-order valence-electron chi connectivity index (χ4n) is 2.12. The fourth-order valence-corrected chi connectivity index (χ4v) is 2.12. The summed E-state index contributed by atoms with van der Waals surface area (Å²) in [4.78, 5) is 0. The summed E-state index contributed by atoms with van der Waals surface area (Å²) >= 11 is 0. The van der Waals surface area contributed by atoms with E-state index in [1.807, 2.05) is 12.1 Å². The van der Waals surface area contributed by atoms with Crippen LogP contribution in [0.2, 0.25) is 0 Å². The van der Waals surface area contributed by atoms with Crippen molar-refractivity contribution in [3.05, 3.63) is 35.5 Å². The van der Waals surface area contributed by atoms with Gasteiger partial charge in [0.15, 0.2) is 0 Å². The van der Waals surface area contributed by atoms with Gasteiger partial charge in [-0.25, -0.2) is 0 Å². The average molecular weight is 215 g/mol. The van der Waals surface area contributed by atoms with Crippen molar-refractivity contribution in [3.63, 3.8) is 0 Å². The van der Waals surface area contributed by atoms with Crippen LogP contribution in [-0.4, -0.2) is 21.8 Å². The molecular weight excluding hydrogens is 202 g/mol. The van der Waals surface area contributed by atoms with E-state index < -0.39 is 0 Å². The molecule has 0 atom stereocenters. The fraction of sp³-hybridized carbons (Fsp3) is 0.250. The normalized spacial score (nSPS) is 14.8. The van der Waals surface area contributed by atoms with Crippen LogP contribution in [0.25, 0.3) is 11.3 Å². The van der Waals surface area contributed by atoms with Crippen LogP contribution in [0.15, 0.2) is 24.3 Å². The highest BCUT2D eigenvalue weighted by atomic mass is 16.3. The molecule has 0 saturated carbocycles. The lowest BCUT2D eigenvalue weighted by atomic mass is 10.0. The summed E-state index contributed by atoms with van der Waals surface area (Å²) in [6.07, 6.45) is 0.987. The number of benzene rings is 1. The predicted octanol–water partition coefficient (Wildman–Crippen LogP) is 1.43. The van der Waals surface area contributed by atoms with Gasteiger partial charge in [0.1, 0.15) is 5.75 Å². The Hall–Kier alpha value is -1.81. The number of fused-ring (bicyclic) bond motifs is 1. The van der Waals surface area contributed by atoms with Crippen molar-refractivity contribution >= 4 is 0 Å². The van der Waals surface area contributed by atoms with Gasteiger partial charge in [0.2, 0.25) is 0 Å². The zero-order valence-corrected chi connectivity index (χ0v) is 8.83. The maximum absolute atomic E-state index is 9.46. The summed E-state index contributed by atoms with van der Waals surface area (Å²) in [5, 5.41) is 20.2. The van der Waals surface area contributed by atoms with Gasteiger partial charge in [-0.3, -0.25) is 5.10 Å². The second-order valence-corrected chi connectivity index (χ2v) is 4.01. The van der Waals surface area contributed by atoms with E-state index in [0.29, 0.717) is 0 Å². The van der Waals surface area contributed by atoms with Gasteiger partial charge in [0.25, 0.3) is 0 Å². The molecule has 2 aromatic rings. The monoisotopic (exact) mass is 215 g/mol. The van der Waals surface area contributed by atoms with Gasteiger partial charge in [0, 0.05) is 36.3 Å². The quantitative estimate of drug-likeness (QED) is 0.674. The number of phenolic OH excluding ortho intramolecular Hbond substituents is 1. The minimum Gasteiger partial charge on any atom is -0.508 e. The summed E-state index contributed by atoms with van der Waals surface area (Å²) in [7, 11) is 0. The van der Waals surface area contributed by atoms with Gasteiger partial charge < -0.3 is 10.4 Å². The molecule has 1 aliphatic rings. The van der Waals surface area contributed by atoms with Gasteiger partial charge >= 0.3 is 0 Å². The van der Waals surface area contributed by atoms with Crippen LogP contribution in [0.1, 0.15) is 11.3 Å². The largest absolute Gasteiger partial charge is 0.508 e. The highest BCUT2D eigenvalue weighted by Gasteiger charge is 2.17. The molecule has 0 bridgehead atoms. The number of nitrogens with zero attached hydrogens (tertiary/aromatic N) is 1. The number of nitrogens with one attached hydrogen (secondary N) is 2. The first-order valence-electron chi connectivity index (χ1n) is 5.41. The van der Waals surface area contributed by atoms with E-state index in [1.165, 1.54) is 11.3 Å². The minimum absolute atomic E-state index is 0.276. The lowest BCUT2D eigenvalue weighted by Gasteiger charge is -2.12. The summed E-state index contributed by atoms with van der Waals surface area (Å²) in [6.45, 7) is 1.84. The van der Waals surface area contributed by atoms with E-state index in [4.69, 9.17) is 0 Å². The first-order chi connectivity index (χ1) is 7.84. The van der Waals surface area contributed by atoms with E-state index in [1.54, 1.807) is 12.1 Å².